The molecule has 4 aromatic rings. The average Bonchev–Trinajstić information content (AvgIpc) is 3.05. The second-order valence-electron chi connectivity index (χ2n) is 11.7. The lowest BCUT2D eigenvalue weighted by Crippen LogP contribution is -2.49. The van der Waals surface area contributed by atoms with Crippen LogP contribution in [0, 0.1) is 10.8 Å². The van der Waals surface area contributed by atoms with Gasteiger partial charge in [-0.05, 0) is 46.5 Å². The molecule has 0 amide bonds. The highest BCUT2D eigenvalue weighted by molar-refractivity contribution is 7.90. The number of hydrogen-bond acceptors (Lipinski definition) is 10. The monoisotopic (exact) mass is 790 g/mol. The summed E-state index contributed by atoms with van der Waals surface area (Å²) >= 11 is 27.6. The molecule has 0 aromatic heterocycles. The number of hydrazone groups is 2. The van der Waals surface area contributed by atoms with Gasteiger partial charge in [-0.2, -0.15) is 10.2 Å². The molecule has 2 aliphatic rings. The predicted molar refractivity (Wildman–Crippen MR) is 199 cm³/mol. The minimum absolute atomic E-state index is 0.0332. The van der Waals surface area contributed by atoms with Crippen molar-refractivity contribution >= 4 is 89.3 Å². The molecule has 2 aliphatic carbocycles. The Morgan fingerprint density at radius 1 is 0.580 bits per heavy atom. The Morgan fingerprint density at radius 2 is 0.880 bits per heavy atom. The van der Waals surface area contributed by atoms with Crippen molar-refractivity contribution in [2.45, 2.75) is 22.3 Å². The van der Waals surface area contributed by atoms with Crippen molar-refractivity contribution in [3.05, 3.63) is 126 Å². The Bertz CT molecular complexity index is 2260. The number of nitrogens with one attached hydrogen (secondary N) is 2. The van der Waals surface area contributed by atoms with E-state index in [1.807, 2.05) is 0 Å². The van der Waals surface area contributed by atoms with Crippen LogP contribution in [0.4, 0.5) is 0 Å². The van der Waals surface area contributed by atoms with Crippen LogP contribution in [0.15, 0.2) is 83.0 Å². The number of nitrogens with zero attached hydrogens (tertiary/aromatic N) is 2. The standard InChI is InChI=1S/C32H26Cl4N8O4S2/c33-21-9-15(10-22(34)27(21)31(49(41,45)46)13-25(43-39)29(37)17-5-1-3-7-19(17)31)16-11-23(35)28(24(36)12-16)32(50(42,47)48)14-26(44-40)30(38)18-6-2-4-8-20(18)32/h1-12,37-38H,13-14,39-40H2,(H2,41,45,46)(H2,42,47,48)/b37-29?,38-30?,43-25-,44-26+. The molecule has 2 unspecified atom stereocenters. The van der Waals surface area contributed by atoms with Crippen LogP contribution in [0.25, 0.3) is 11.1 Å². The van der Waals surface area contributed by atoms with Crippen molar-refractivity contribution < 1.29 is 16.8 Å². The zero-order chi connectivity index (χ0) is 36.6. The smallest absolute Gasteiger partial charge is 0.223 e. The molecule has 10 N–H and O–H groups in total. The molecule has 0 fully saturated rings. The molecule has 0 saturated carbocycles. The lowest BCUT2D eigenvalue weighted by atomic mass is 9.75. The first-order chi connectivity index (χ1) is 23.4. The summed E-state index contributed by atoms with van der Waals surface area (Å²) in [7, 11) is -9.15. The largest absolute Gasteiger partial charge is 0.323 e. The Morgan fingerprint density at radius 3 is 1.16 bits per heavy atom. The van der Waals surface area contributed by atoms with Crippen LogP contribution in [-0.2, 0) is 29.5 Å². The molecule has 4 aromatic carbocycles. The first kappa shape index (κ1) is 35.9. The van der Waals surface area contributed by atoms with E-state index in [0.717, 1.165) is 0 Å². The summed E-state index contributed by atoms with van der Waals surface area (Å²) in [6, 6.07) is 18.3. The molecule has 258 valence electrons. The number of benzene rings is 4. The minimum Gasteiger partial charge on any atom is -0.323 e. The van der Waals surface area contributed by atoms with E-state index >= 15 is 0 Å². The summed E-state index contributed by atoms with van der Waals surface area (Å²) in [5, 5.41) is 36.0. The predicted octanol–water partition coefficient (Wildman–Crippen LogP) is 5.20. The van der Waals surface area contributed by atoms with E-state index in [-0.39, 0.29) is 76.3 Å². The Balaban J connectivity index is 1.58. The fraction of sp³-hybridized carbons (Fsp3) is 0.125. The Hall–Kier alpha value is -3.86. The maximum Gasteiger partial charge on any atom is 0.223 e. The van der Waals surface area contributed by atoms with Crippen molar-refractivity contribution in [3.8, 4) is 11.1 Å². The molecular weight excluding hydrogens is 766 g/mol. The van der Waals surface area contributed by atoms with E-state index in [0.29, 0.717) is 11.1 Å². The molecule has 0 saturated heterocycles. The highest BCUT2D eigenvalue weighted by atomic mass is 35.5. The van der Waals surface area contributed by atoms with Crippen LogP contribution < -0.4 is 22.0 Å². The fourth-order valence-corrected chi connectivity index (χ4v) is 11.5. The lowest BCUT2D eigenvalue weighted by molar-refractivity contribution is 0.556. The minimum atomic E-state index is -4.58. The highest BCUT2D eigenvalue weighted by Gasteiger charge is 2.55. The van der Waals surface area contributed by atoms with E-state index < -0.39 is 42.4 Å². The zero-order valence-electron chi connectivity index (χ0n) is 25.5. The van der Waals surface area contributed by atoms with Gasteiger partial charge in [-0.3, -0.25) is 10.8 Å². The van der Waals surface area contributed by atoms with Crippen LogP contribution in [0.2, 0.25) is 20.1 Å². The van der Waals surface area contributed by atoms with Gasteiger partial charge < -0.3 is 11.7 Å². The van der Waals surface area contributed by atoms with Crippen LogP contribution in [-0.4, -0.2) is 39.7 Å². The van der Waals surface area contributed by atoms with E-state index in [4.69, 9.17) is 79.2 Å². The van der Waals surface area contributed by atoms with Gasteiger partial charge in [-0.15, -0.1) is 0 Å². The summed E-state index contributed by atoms with van der Waals surface area (Å²) < 4.78 is 50.3. The molecule has 2 atom stereocenters. The number of sulfonamides is 2. The molecule has 50 heavy (non-hydrogen) atoms. The average molecular weight is 793 g/mol. The first-order valence-electron chi connectivity index (χ1n) is 14.4. The van der Waals surface area contributed by atoms with Gasteiger partial charge in [-0.1, -0.05) is 94.9 Å². The van der Waals surface area contributed by atoms with Gasteiger partial charge in [0.1, 0.15) is 9.49 Å². The Labute approximate surface area is 307 Å². The third-order valence-corrected chi connectivity index (χ3v) is 13.5. The molecule has 0 heterocycles. The van der Waals surface area contributed by atoms with E-state index in [2.05, 4.69) is 10.2 Å². The van der Waals surface area contributed by atoms with E-state index in [9.17, 15) is 16.8 Å². The van der Waals surface area contributed by atoms with Gasteiger partial charge in [0, 0.05) is 55.2 Å². The van der Waals surface area contributed by atoms with E-state index in [1.165, 1.54) is 36.4 Å². The quantitative estimate of drug-likeness (QED) is 0.117. The van der Waals surface area contributed by atoms with Gasteiger partial charge in [0.15, 0.2) is 0 Å². The van der Waals surface area contributed by atoms with E-state index in [1.54, 1.807) is 36.4 Å². The van der Waals surface area contributed by atoms with Crippen LogP contribution in [0.3, 0.4) is 0 Å². The third kappa shape index (κ3) is 5.16. The molecule has 18 heteroatoms. The second-order valence-corrected chi connectivity index (χ2v) is 16.9. The van der Waals surface area contributed by atoms with Crippen molar-refractivity contribution in [1.29, 1.82) is 10.8 Å². The summed E-state index contributed by atoms with van der Waals surface area (Å²) in [6.07, 6.45) is -0.849. The Kier molecular flexibility index (Phi) is 8.93. The number of nitrogens with two attached hydrogens (primary N) is 4. The number of halogens is 4. The van der Waals surface area contributed by atoms with Gasteiger partial charge in [0.2, 0.25) is 20.0 Å². The highest BCUT2D eigenvalue weighted by Crippen LogP contribution is 2.53. The number of primary sulfonamides is 2. The van der Waals surface area contributed by atoms with Crippen molar-refractivity contribution in [2.75, 3.05) is 0 Å². The molecule has 12 nitrogen and oxygen atoms in total. The molecule has 0 radical (unpaired) electrons. The summed E-state index contributed by atoms with van der Waals surface area (Å²) in [5.41, 5.74) is 1.11. The SMILES string of the molecule is N=C1/C(=N\N)CC(c2c(Cl)cc(-c3cc(Cl)c(C4(S(N)(=O)=O)C/C(=N\N)C(=N)c5ccccc54)c(Cl)c3)cc2Cl)(S(N)(=O)=O)c2ccccc21. The summed E-state index contributed by atoms with van der Waals surface area (Å²) in [6.45, 7) is 0. The second kappa shape index (κ2) is 12.4. The number of rotatable bonds is 5. The maximum absolute atomic E-state index is 13.6. The first-order valence-corrected chi connectivity index (χ1v) is 19.0. The zero-order valence-corrected chi connectivity index (χ0v) is 30.2. The van der Waals surface area contributed by atoms with Gasteiger partial charge >= 0.3 is 0 Å². The molecule has 6 rings (SSSR count). The molecule has 0 aliphatic heterocycles. The van der Waals surface area contributed by atoms with Crippen LogP contribution >= 0.6 is 46.4 Å². The van der Waals surface area contributed by atoms with Crippen LogP contribution in [0.1, 0.15) is 46.2 Å². The lowest BCUT2D eigenvalue weighted by Gasteiger charge is -2.39. The van der Waals surface area contributed by atoms with Crippen molar-refractivity contribution in [3.63, 3.8) is 0 Å². The number of fused-ring (bicyclic) bond motifs is 2. The topological polar surface area (TPSA) is 245 Å². The van der Waals surface area contributed by atoms with Gasteiger partial charge in [-0.25, -0.2) is 27.1 Å². The van der Waals surface area contributed by atoms with Crippen molar-refractivity contribution in [1.82, 2.24) is 0 Å². The van der Waals surface area contributed by atoms with Crippen molar-refractivity contribution in [2.24, 2.45) is 32.2 Å². The van der Waals surface area contributed by atoms with Crippen LogP contribution in [0.5, 0.6) is 0 Å². The third-order valence-electron chi connectivity index (χ3n) is 9.18. The van der Waals surface area contributed by atoms with Gasteiger partial charge in [0.05, 0.1) is 22.8 Å². The maximum atomic E-state index is 13.6. The molecule has 0 bridgehead atoms. The summed E-state index contributed by atoms with van der Waals surface area (Å²) in [5.74, 6) is 11.2. The van der Waals surface area contributed by atoms with Gasteiger partial charge in [0.25, 0.3) is 0 Å². The fourth-order valence-electron chi connectivity index (χ4n) is 6.97. The molecule has 0 spiro atoms. The molecular formula is C32H26Cl4N8O4S2. The normalized spacial score (nSPS) is 22.4. The summed E-state index contributed by atoms with van der Waals surface area (Å²) in [4.78, 5) is 0. The number of hydrogen-bond donors (Lipinski definition) is 6.